The summed E-state index contributed by atoms with van der Waals surface area (Å²) in [7, 11) is 0. The molecule has 2 heterocycles. The van der Waals surface area contributed by atoms with Gasteiger partial charge in [0.2, 0.25) is 5.91 Å². The van der Waals surface area contributed by atoms with Gasteiger partial charge in [-0.3, -0.25) is 9.69 Å². The summed E-state index contributed by atoms with van der Waals surface area (Å²) < 4.78 is 0. The van der Waals surface area contributed by atoms with E-state index in [1.54, 1.807) is 11.8 Å². The molecule has 1 N–H and O–H groups in total. The van der Waals surface area contributed by atoms with Crippen LogP contribution in [0.5, 0.6) is 0 Å². The normalized spacial score (nSPS) is 22.8. The average molecular weight is 248 g/mol. The monoisotopic (exact) mass is 248 g/mol. The molecule has 1 saturated heterocycles. The van der Waals surface area contributed by atoms with Gasteiger partial charge in [-0.15, -0.1) is 11.8 Å². The fourth-order valence-electron chi connectivity index (χ4n) is 2.20. The number of nitrogens with one attached hydrogen (secondary N) is 1. The molecule has 2 aliphatic heterocycles. The van der Waals surface area contributed by atoms with Crippen LogP contribution in [0.1, 0.15) is 5.56 Å². The number of carbonyl (C=O) groups excluding carboxylic acids is 2. The van der Waals surface area contributed by atoms with E-state index < -0.39 is 0 Å². The third kappa shape index (κ3) is 1.91. The van der Waals surface area contributed by atoms with Crippen LogP contribution in [0.4, 0.5) is 4.79 Å². The van der Waals surface area contributed by atoms with Crippen LogP contribution < -0.4 is 5.32 Å². The van der Waals surface area contributed by atoms with Crippen molar-refractivity contribution >= 4 is 23.7 Å². The second-order valence-electron chi connectivity index (χ2n) is 4.21. The SMILES string of the molecule is O=C1CNC(=O)N1CC1Cc2ccccc2S1. The molecule has 0 bridgehead atoms. The number of rotatable bonds is 2. The van der Waals surface area contributed by atoms with Crippen molar-refractivity contribution in [3.63, 3.8) is 0 Å². The standard InChI is InChI=1S/C12H12N2O2S/c15-11-6-13-12(16)14(11)7-9-5-8-3-1-2-4-10(8)17-9/h1-4,9H,5-7H2,(H,13,16). The van der Waals surface area contributed by atoms with Crippen LogP contribution in [0.15, 0.2) is 29.2 Å². The quantitative estimate of drug-likeness (QED) is 0.801. The molecule has 2 aliphatic rings. The number of amides is 3. The van der Waals surface area contributed by atoms with Crippen LogP contribution in [-0.2, 0) is 11.2 Å². The summed E-state index contributed by atoms with van der Waals surface area (Å²) in [4.78, 5) is 25.5. The largest absolute Gasteiger partial charge is 0.329 e. The van der Waals surface area contributed by atoms with Gasteiger partial charge in [-0.05, 0) is 18.1 Å². The Bertz CT molecular complexity index is 448. The molecule has 17 heavy (non-hydrogen) atoms. The number of hydrogen-bond acceptors (Lipinski definition) is 3. The predicted molar refractivity (Wildman–Crippen MR) is 64.9 cm³/mol. The minimum absolute atomic E-state index is 0.119. The molecule has 5 heteroatoms. The average Bonchev–Trinajstić information content (AvgIpc) is 2.87. The summed E-state index contributed by atoms with van der Waals surface area (Å²) in [5.74, 6) is -0.119. The molecule has 1 atom stereocenters. The minimum atomic E-state index is -0.258. The summed E-state index contributed by atoms with van der Waals surface area (Å²) in [5.41, 5.74) is 1.31. The van der Waals surface area contributed by atoms with Crippen LogP contribution in [-0.4, -0.2) is 35.2 Å². The highest BCUT2D eigenvalue weighted by atomic mass is 32.2. The Morgan fingerprint density at radius 1 is 1.35 bits per heavy atom. The summed E-state index contributed by atoms with van der Waals surface area (Å²) in [6.07, 6.45) is 0.928. The van der Waals surface area contributed by atoms with Crippen molar-refractivity contribution in [3.8, 4) is 0 Å². The number of benzene rings is 1. The van der Waals surface area contributed by atoms with Crippen molar-refractivity contribution in [2.24, 2.45) is 0 Å². The molecule has 0 radical (unpaired) electrons. The zero-order valence-electron chi connectivity index (χ0n) is 9.18. The van der Waals surface area contributed by atoms with Gasteiger partial charge in [-0.25, -0.2) is 4.79 Å². The summed E-state index contributed by atoms with van der Waals surface area (Å²) in [6.45, 7) is 0.646. The number of hydrogen-bond donors (Lipinski definition) is 1. The van der Waals surface area contributed by atoms with Gasteiger partial charge < -0.3 is 5.32 Å². The highest BCUT2D eigenvalue weighted by Crippen LogP contribution is 2.37. The molecule has 1 aromatic carbocycles. The van der Waals surface area contributed by atoms with Gasteiger partial charge in [0, 0.05) is 16.7 Å². The Kier molecular flexibility index (Phi) is 2.55. The van der Waals surface area contributed by atoms with Gasteiger partial charge >= 0.3 is 6.03 Å². The molecular weight excluding hydrogens is 236 g/mol. The molecule has 4 nitrogen and oxygen atoms in total. The Morgan fingerprint density at radius 2 is 2.18 bits per heavy atom. The Morgan fingerprint density at radius 3 is 2.88 bits per heavy atom. The van der Waals surface area contributed by atoms with E-state index >= 15 is 0 Å². The first-order valence-corrected chi connectivity index (χ1v) is 6.45. The van der Waals surface area contributed by atoms with Gasteiger partial charge in [0.25, 0.3) is 0 Å². The van der Waals surface area contributed by atoms with E-state index in [0.717, 1.165) is 6.42 Å². The van der Waals surface area contributed by atoms with E-state index in [9.17, 15) is 9.59 Å². The van der Waals surface area contributed by atoms with Crippen molar-refractivity contribution in [3.05, 3.63) is 29.8 Å². The number of imide groups is 1. The lowest BCUT2D eigenvalue weighted by atomic mass is 10.1. The highest BCUT2D eigenvalue weighted by molar-refractivity contribution is 8.00. The molecule has 1 fully saturated rings. The topological polar surface area (TPSA) is 49.4 Å². The number of carbonyl (C=O) groups is 2. The molecular formula is C12H12N2O2S. The molecule has 1 aromatic rings. The maximum Gasteiger partial charge on any atom is 0.324 e. The van der Waals surface area contributed by atoms with Crippen LogP contribution in [0, 0.1) is 0 Å². The third-order valence-electron chi connectivity index (χ3n) is 3.04. The highest BCUT2D eigenvalue weighted by Gasteiger charge is 2.33. The summed E-state index contributed by atoms with van der Waals surface area (Å²) in [6, 6.07) is 7.98. The van der Waals surface area contributed by atoms with Gasteiger partial charge in [0.15, 0.2) is 0 Å². The predicted octanol–water partition coefficient (Wildman–Crippen LogP) is 1.26. The molecule has 0 aliphatic carbocycles. The van der Waals surface area contributed by atoms with E-state index in [-0.39, 0.29) is 18.5 Å². The lowest BCUT2D eigenvalue weighted by molar-refractivity contribution is -0.124. The molecule has 0 saturated carbocycles. The molecule has 0 spiro atoms. The Hall–Kier alpha value is -1.49. The van der Waals surface area contributed by atoms with E-state index in [4.69, 9.17) is 0 Å². The molecule has 3 amide bonds. The second kappa shape index (κ2) is 4.07. The van der Waals surface area contributed by atoms with Crippen LogP contribution in [0.25, 0.3) is 0 Å². The van der Waals surface area contributed by atoms with Crippen molar-refractivity contribution < 1.29 is 9.59 Å². The summed E-state index contributed by atoms with van der Waals surface area (Å²) in [5, 5.41) is 2.83. The third-order valence-corrected chi connectivity index (χ3v) is 4.34. The van der Waals surface area contributed by atoms with Crippen LogP contribution in [0.2, 0.25) is 0 Å². The van der Waals surface area contributed by atoms with Gasteiger partial charge in [0.05, 0.1) is 6.54 Å². The van der Waals surface area contributed by atoms with Crippen molar-refractivity contribution in [2.75, 3.05) is 13.1 Å². The van der Waals surface area contributed by atoms with E-state index in [0.29, 0.717) is 11.8 Å². The molecule has 3 rings (SSSR count). The van der Waals surface area contributed by atoms with E-state index in [1.807, 2.05) is 12.1 Å². The Labute approximate surface area is 103 Å². The fourth-order valence-corrected chi connectivity index (χ4v) is 3.50. The number of fused-ring (bicyclic) bond motifs is 1. The Balaban J connectivity index is 1.70. The number of thioether (sulfide) groups is 1. The molecule has 88 valence electrons. The lowest BCUT2D eigenvalue weighted by Gasteiger charge is -2.16. The maximum absolute atomic E-state index is 11.5. The smallest absolute Gasteiger partial charge is 0.324 e. The lowest BCUT2D eigenvalue weighted by Crippen LogP contribution is -2.36. The first-order chi connectivity index (χ1) is 8.24. The van der Waals surface area contributed by atoms with Crippen LogP contribution >= 0.6 is 11.8 Å². The van der Waals surface area contributed by atoms with Gasteiger partial charge in [0.1, 0.15) is 0 Å². The first kappa shape index (κ1) is 10.7. The van der Waals surface area contributed by atoms with Gasteiger partial charge in [-0.1, -0.05) is 18.2 Å². The summed E-state index contributed by atoms with van der Waals surface area (Å²) >= 11 is 1.75. The number of urea groups is 1. The van der Waals surface area contributed by atoms with Crippen molar-refractivity contribution in [1.82, 2.24) is 10.2 Å². The van der Waals surface area contributed by atoms with Crippen molar-refractivity contribution in [2.45, 2.75) is 16.6 Å². The molecule has 1 unspecified atom stereocenters. The van der Waals surface area contributed by atoms with Gasteiger partial charge in [-0.2, -0.15) is 0 Å². The zero-order chi connectivity index (χ0) is 11.8. The number of nitrogens with zero attached hydrogens (tertiary/aromatic N) is 1. The molecule has 0 aromatic heterocycles. The van der Waals surface area contributed by atoms with Crippen molar-refractivity contribution in [1.29, 1.82) is 0 Å². The van der Waals surface area contributed by atoms with Crippen LogP contribution in [0.3, 0.4) is 0 Å². The second-order valence-corrected chi connectivity index (χ2v) is 5.56. The van der Waals surface area contributed by atoms with E-state index in [1.165, 1.54) is 15.4 Å². The van der Waals surface area contributed by atoms with E-state index in [2.05, 4.69) is 17.4 Å². The fraction of sp³-hybridized carbons (Fsp3) is 0.333. The minimum Gasteiger partial charge on any atom is -0.329 e. The zero-order valence-corrected chi connectivity index (χ0v) is 10.00. The first-order valence-electron chi connectivity index (χ1n) is 5.57. The maximum atomic E-state index is 11.5.